The van der Waals surface area contributed by atoms with Crippen molar-refractivity contribution in [3.05, 3.63) is 58.7 Å². The van der Waals surface area contributed by atoms with Crippen molar-refractivity contribution in [1.29, 1.82) is 0 Å². The molecule has 9 heteroatoms. The van der Waals surface area contributed by atoms with Gasteiger partial charge in [0.1, 0.15) is 0 Å². The number of hydrogen-bond donors (Lipinski definition) is 2. The molecule has 2 rings (SSSR count). The lowest BCUT2D eigenvalue weighted by Crippen LogP contribution is -2.37. The first-order valence-electron chi connectivity index (χ1n) is 8.20. The van der Waals surface area contributed by atoms with Gasteiger partial charge in [0.2, 0.25) is 5.88 Å². The van der Waals surface area contributed by atoms with E-state index in [9.17, 15) is 13.2 Å². The molecule has 0 amide bonds. The lowest BCUT2D eigenvalue weighted by Gasteiger charge is -2.13. The van der Waals surface area contributed by atoms with Gasteiger partial charge in [-0.25, -0.2) is 4.98 Å². The van der Waals surface area contributed by atoms with E-state index in [0.717, 1.165) is 17.5 Å². The number of benzene rings is 1. The summed E-state index contributed by atoms with van der Waals surface area (Å²) in [6, 6.07) is 10.7. The minimum absolute atomic E-state index is 0.0757. The molecule has 1 aromatic carbocycles. The van der Waals surface area contributed by atoms with E-state index in [4.69, 9.17) is 11.6 Å². The van der Waals surface area contributed by atoms with Crippen molar-refractivity contribution in [2.24, 2.45) is 4.99 Å². The van der Waals surface area contributed by atoms with Gasteiger partial charge in [-0.2, -0.15) is 13.2 Å². The van der Waals surface area contributed by atoms with Gasteiger partial charge in [-0.05, 0) is 29.7 Å². The minimum Gasteiger partial charge on any atom is -0.468 e. The van der Waals surface area contributed by atoms with Crippen LogP contribution in [0.5, 0.6) is 5.88 Å². The van der Waals surface area contributed by atoms with Crippen LogP contribution < -0.4 is 15.4 Å². The van der Waals surface area contributed by atoms with Crippen molar-refractivity contribution in [1.82, 2.24) is 15.6 Å². The van der Waals surface area contributed by atoms with Gasteiger partial charge in [-0.3, -0.25) is 4.99 Å². The van der Waals surface area contributed by atoms with Crippen molar-refractivity contribution in [2.75, 3.05) is 20.2 Å². The Kier molecular flexibility index (Phi) is 7.72. The number of pyridine rings is 1. The zero-order chi connectivity index (χ0) is 19.7. The van der Waals surface area contributed by atoms with Gasteiger partial charge in [0.05, 0.1) is 0 Å². The van der Waals surface area contributed by atoms with Crippen LogP contribution >= 0.6 is 11.6 Å². The maximum Gasteiger partial charge on any atom is 0.422 e. The fraction of sp³-hybridized carbons (Fsp3) is 0.333. The van der Waals surface area contributed by atoms with Gasteiger partial charge in [0.25, 0.3) is 0 Å². The molecule has 5 nitrogen and oxygen atoms in total. The molecule has 0 atom stereocenters. The van der Waals surface area contributed by atoms with E-state index >= 15 is 0 Å². The molecular weight excluding hydrogens is 381 g/mol. The SMILES string of the molecule is CN=C(NCCc1ccccc1Cl)NCc1ccnc(OCC(F)(F)F)c1. The number of aromatic nitrogens is 1. The smallest absolute Gasteiger partial charge is 0.422 e. The maximum absolute atomic E-state index is 12.2. The van der Waals surface area contributed by atoms with E-state index in [2.05, 4.69) is 25.3 Å². The van der Waals surface area contributed by atoms with E-state index < -0.39 is 12.8 Å². The number of alkyl halides is 3. The van der Waals surface area contributed by atoms with Crippen molar-refractivity contribution < 1.29 is 17.9 Å². The summed E-state index contributed by atoms with van der Waals surface area (Å²) in [5.41, 5.74) is 1.75. The molecule has 1 heterocycles. The Labute approximate surface area is 160 Å². The number of guanidine groups is 1. The highest BCUT2D eigenvalue weighted by Crippen LogP contribution is 2.17. The normalized spacial score (nSPS) is 12.0. The van der Waals surface area contributed by atoms with Crippen molar-refractivity contribution in [2.45, 2.75) is 19.1 Å². The van der Waals surface area contributed by atoms with E-state index in [1.165, 1.54) is 12.3 Å². The van der Waals surface area contributed by atoms with Crippen LogP contribution in [-0.4, -0.2) is 37.3 Å². The third kappa shape index (κ3) is 7.74. The van der Waals surface area contributed by atoms with Crippen LogP contribution in [0.2, 0.25) is 5.02 Å². The number of nitrogens with zero attached hydrogens (tertiary/aromatic N) is 2. The summed E-state index contributed by atoms with van der Waals surface area (Å²) in [5.74, 6) is 0.491. The van der Waals surface area contributed by atoms with Crippen molar-refractivity contribution in [3.8, 4) is 5.88 Å². The molecule has 0 aliphatic rings. The summed E-state index contributed by atoms with van der Waals surface area (Å²) in [6.45, 7) is -0.390. The average Bonchev–Trinajstić information content (AvgIpc) is 2.64. The predicted octanol–water partition coefficient (Wildman–Crippen LogP) is 3.58. The maximum atomic E-state index is 12.2. The Morgan fingerprint density at radius 2 is 2.00 bits per heavy atom. The average molecular weight is 401 g/mol. The third-order valence-corrected chi connectivity index (χ3v) is 3.88. The van der Waals surface area contributed by atoms with Crippen molar-refractivity contribution >= 4 is 17.6 Å². The van der Waals surface area contributed by atoms with Crippen LogP contribution in [0.3, 0.4) is 0 Å². The zero-order valence-electron chi connectivity index (χ0n) is 14.7. The molecule has 0 saturated carbocycles. The molecule has 27 heavy (non-hydrogen) atoms. The Hall–Kier alpha value is -2.48. The zero-order valence-corrected chi connectivity index (χ0v) is 15.4. The van der Waals surface area contributed by atoms with Crippen LogP contribution in [0, 0.1) is 0 Å². The Bertz CT molecular complexity index is 768. The molecule has 0 spiro atoms. The second-order valence-corrected chi connectivity index (χ2v) is 6.01. The first kappa shape index (κ1) is 20.8. The number of rotatable bonds is 7. The van der Waals surface area contributed by atoms with Crippen molar-refractivity contribution in [3.63, 3.8) is 0 Å². The molecule has 1 aromatic heterocycles. The van der Waals surface area contributed by atoms with Crippen LogP contribution in [-0.2, 0) is 13.0 Å². The monoisotopic (exact) mass is 400 g/mol. The second kappa shape index (κ2) is 10.0. The molecule has 2 aromatic rings. The Morgan fingerprint density at radius 3 is 2.70 bits per heavy atom. The molecule has 0 saturated heterocycles. The van der Waals surface area contributed by atoms with Gasteiger partial charge in [-0.15, -0.1) is 0 Å². The summed E-state index contributed by atoms with van der Waals surface area (Å²) in [6.07, 6.45) is -2.27. The molecule has 0 aliphatic carbocycles. The largest absolute Gasteiger partial charge is 0.468 e. The first-order valence-corrected chi connectivity index (χ1v) is 8.57. The minimum atomic E-state index is -4.40. The summed E-state index contributed by atoms with van der Waals surface area (Å²) < 4.78 is 41.3. The van der Waals surface area contributed by atoms with Crippen LogP contribution in [0.4, 0.5) is 13.2 Å². The summed E-state index contributed by atoms with van der Waals surface area (Å²) in [4.78, 5) is 7.89. The number of halogens is 4. The molecule has 0 radical (unpaired) electrons. The Morgan fingerprint density at radius 1 is 1.22 bits per heavy atom. The lowest BCUT2D eigenvalue weighted by atomic mass is 10.1. The van der Waals surface area contributed by atoms with Gasteiger partial charge < -0.3 is 15.4 Å². The number of nitrogens with one attached hydrogen (secondary N) is 2. The highest BCUT2D eigenvalue weighted by molar-refractivity contribution is 6.31. The fourth-order valence-corrected chi connectivity index (χ4v) is 2.45. The summed E-state index contributed by atoms with van der Waals surface area (Å²) >= 11 is 6.12. The second-order valence-electron chi connectivity index (χ2n) is 5.60. The predicted molar refractivity (Wildman–Crippen MR) is 99.1 cm³/mol. The van der Waals surface area contributed by atoms with Gasteiger partial charge >= 0.3 is 6.18 Å². The summed E-state index contributed by atoms with van der Waals surface area (Å²) in [5, 5.41) is 6.96. The number of hydrogen-bond acceptors (Lipinski definition) is 3. The molecule has 0 unspecified atom stereocenters. The third-order valence-electron chi connectivity index (χ3n) is 3.51. The lowest BCUT2D eigenvalue weighted by molar-refractivity contribution is -0.154. The van der Waals surface area contributed by atoms with Crippen LogP contribution in [0.25, 0.3) is 0 Å². The summed E-state index contributed by atoms with van der Waals surface area (Å²) in [7, 11) is 1.63. The molecule has 0 bridgehead atoms. The molecule has 0 aliphatic heterocycles. The fourth-order valence-electron chi connectivity index (χ4n) is 2.22. The van der Waals surface area contributed by atoms with Gasteiger partial charge in [0, 0.05) is 37.4 Å². The number of ether oxygens (including phenoxy) is 1. The molecule has 146 valence electrons. The molecule has 2 N–H and O–H groups in total. The topological polar surface area (TPSA) is 58.5 Å². The molecule has 0 fully saturated rings. The van der Waals surface area contributed by atoms with E-state index in [1.807, 2.05) is 24.3 Å². The van der Waals surface area contributed by atoms with Gasteiger partial charge in [-0.1, -0.05) is 29.8 Å². The quantitative estimate of drug-likeness (QED) is 0.551. The van der Waals surface area contributed by atoms with Gasteiger partial charge in [0.15, 0.2) is 12.6 Å². The van der Waals surface area contributed by atoms with Crippen LogP contribution in [0.1, 0.15) is 11.1 Å². The standard InChI is InChI=1S/C18H20ClF3N4O/c1-23-17(25-9-7-14-4-2-3-5-15(14)19)26-11-13-6-8-24-16(10-13)27-12-18(20,21)22/h2-6,8,10H,7,9,11-12H2,1H3,(H2,23,25,26). The number of aliphatic imine (C=N–C) groups is 1. The van der Waals surface area contributed by atoms with E-state index in [0.29, 0.717) is 24.1 Å². The highest BCUT2D eigenvalue weighted by atomic mass is 35.5. The van der Waals surface area contributed by atoms with E-state index in [-0.39, 0.29) is 5.88 Å². The highest BCUT2D eigenvalue weighted by Gasteiger charge is 2.28. The Balaban J connectivity index is 1.81. The molecular formula is C18H20ClF3N4O. The first-order chi connectivity index (χ1) is 12.9. The van der Waals surface area contributed by atoms with E-state index in [1.54, 1.807) is 13.1 Å². The van der Waals surface area contributed by atoms with Crippen LogP contribution in [0.15, 0.2) is 47.6 Å².